The number of hydrogen-bond donors (Lipinski definition) is 2. The van der Waals surface area contributed by atoms with Crippen LogP contribution in [0, 0.1) is 0 Å². The van der Waals surface area contributed by atoms with Crippen LogP contribution >= 0.6 is 15.9 Å². The summed E-state index contributed by atoms with van der Waals surface area (Å²) < 4.78 is 0.620. The van der Waals surface area contributed by atoms with Crippen LogP contribution in [0.1, 0.15) is 28.9 Å². The smallest absolute Gasteiger partial charge is 0.252 e. The Labute approximate surface area is 120 Å². The Morgan fingerprint density at radius 1 is 1.32 bits per heavy atom. The zero-order chi connectivity index (χ0) is 13.8. The number of nitrogens with one attached hydrogen (secondary N) is 1. The average Bonchev–Trinajstić information content (AvgIpc) is 2.42. The summed E-state index contributed by atoms with van der Waals surface area (Å²) in [6, 6.07) is 8.89. The fourth-order valence-corrected chi connectivity index (χ4v) is 2.18. The highest BCUT2D eigenvalue weighted by Gasteiger charge is 2.14. The number of aromatic nitrogens is 1. The van der Waals surface area contributed by atoms with Gasteiger partial charge in [-0.1, -0.05) is 6.07 Å². The maximum atomic E-state index is 12.2. The molecule has 0 fully saturated rings. The molecule has 2 aromatic rings. The van der Waals surface area contributed by atoms with Crippen molar-refractivity contribution in [2.75, 3.05) is 5.73 Å². The minimum Gasteiger partial charge on any atom is -0.398 e. The van der Waals surface area contributed by atoms with Crippen molar-refractivity contribution in [2.45, 2.75) is 13.0 Å². The van der Waals surface area contributed by atoms with Crippen LogP contribution in [0.2, 0.25) is 0 Å². The number of carbonyl (C=O) groups excluding carboxylic acids is 1. The van der Waals surface area contributed by atoms with Crippen LogP contribution < -0.4 is 11.1 Å². The lowest BCUT2D eigenvalue weighted by Gasteiger charge is -2.15. The highest BCUT2D eigenvalue weighted by atomic mass is 79.9. The monoisotopic (exact) mass is 319 g/mol. The predicted molar refractivity (Wildman–Crippen MR) is 78.7 cm³/mol. The van der Waals surface area contributed by atoms with E-state index in [1.807, 2.05) is 19.1 Å². The maximum Gasteiger partial charge on any atom is 0.252 e. The number of nitrogen functional groups attached to an aromatic ring is 1. The number of hydrogen-bond acceptors (Lipinski definition) is 3. The lowest BCUT2D eigenvalue weighted by atomic mass is 10.1. The second-order valence-electron chi connectivity index (χ2n) is 4.18. The third-order valence-corrected chi connectivity index (χ3v) is 3.71. The molecule has 3 N–H and O–H groups in total. The van der Waals surface area contributed by atoms with Crippen molar-refractivity contribution < 1.29 is 4.79 Å². The molecule has 1 amide bonds. The molecular weight excluding hydrogens is 306 g/mol. The molecule has 98 valence electrons. The van der Waals surface area contributed by atoms with Gasteiger partial charge in [-0.25, -0.2) is 0 Å². The van der Waals surface area contributed by atoms with Crippen LogP contribution in [-0.4, -0.2) is 10.9 Å². The van der Waals surface area contributed by atoms with Gasteiger partial charge in [-0.05, 0) is 52.7 Å². The molecule has 0 aliphatic rings. The number of carbonyl (C=O) groups is 1. The van der Waals surface area contributed by atoms with Crippen LogP contribution in [0.15, 0.2) is 47.2 Å². The largest absolute Gasteiger partial charge is 0.398 e. The zero-order valence-electron chi connectivity index (χ0n) is 10.4. The van der Waals surface area contributed by atoms with Crippen molar-refractivity contribution in [3.8, 4) is 0 Å². The van der Waals surface area contributed by atoms with Crippen LogP contribution in [0.25, 0.3) is 0 Å². The standard InChI is InChI=1S/C14H14BrN3O/c1-9(10-5-7-17-8-6-10)18-14(19)11-3-2-4-12(16)13(11)15/h2-9H,16H2,1H3,(H,18,19). The van der Waals surface area contributed by atoms with Crippen molar-refractivity contribution in [1.82, 2.24) is 10.3 Å². The molecule has 0 aliphatic carbocycles. The average molecular weight is 320 g/mol. The van der Waals surface area contributed by atoms with Gasteiger partial charge in [0.2, 0.25) is 0 Å². The van der Waals surface area contributed by atoms with E-state index >= 15 is 0 Å². The summed E-state index contributed by atoms with van der Waals surface area (Å²) in [7, 11) is 0. The highest BCUT2D eigenvalue weighted by molar-refractivity contribution is 9.10. The van der Waals surface area contributed by atoms with E-state index in [1.54, 1.807) is 30.6 Å². The Bertz CT molecular complexity index is 586. The number of rotatable bonds is 3. The molecule has 0 aliphatic heterocycles. The normalized spacial score (nSPS) is 11.9. The van der Waals surface area contributed by atoms with E-state index in [2.05, 4.69) is 26.2 Å². The van der Waals surface area contributed by atoms with E-state index < -0.39 is 0 Å². The number of nitrogens with two attached hydrogens (primary N) is 1. The first-order valence-corrected chi connectivity index (χ1v) is 6.63. The minimum absolute atomic E-state index is 0.0937. The molecular formula is C14H14BrN3O. The number of amides is 1. The van der Waals surface area contributed by atoms with E-state index in [4.69, 9.17) is 5.73 Å². The van der Waals surface area contributed by atoms with Gasteiger partial charge in [0.25, 0.3) is 5.91 Å². The summed E-state index contributed by atoms with van der Waals surface area (Å²) >= 11 is 3.33. The van der Waals surface area contributed by atoms with Crippen molar-refractivity contribution in [1.29, 1.82) is 0 Å². The highest BCUT2D eigenvalue weighted by Crippen LogP contribution is 2.24. The molecule has 2 rings (SSSR count). The molecule has 1 atom stereocenters. The van der Waals surface area contributed by atoms with Crippen molar-refractivity contribution in [2.24, 2.45) is 0 Å². The molecule has 4 nitrogen and oxygen atoms in total. The van der Waals surface area contributed by atoms with Gasteiger partial charge in [0.1, 0.15) is 0 Å². The Kier molecular flexibility index (Phi) is 4.16. The zero-order valence-corrected chi connectivity index (χ0v) is 12.0. The molecule has 0 radical (unpaired) electrons. The molecule has 0 saturated carbocycles. The first-order valence-electron chi connectivity index (χ1n) is 5.84. The van der Waals surface area contributed by atoms with Gasteiger partial charge >= 0.3 is 0 Å². The SMILES string of the molecule is CC(NC(=O)c1cccc(N)c1Br)c1ccncc1. The van der Waals surface area contributed by atoms with Gasteiger partial charge in [-0.2, -0.15) is 0 Å². The lowest BCUT2D eigenvalue weighted by molar-refractivity contribution is 0.0939. The van der Waals surface area contributed by atoms with E-state index in [1.165, 1.54) is 0 Å². The molecule has 1 unspecified atom stereocenters. The molecule has 1 heterocycles. The van der Waals surface area contributed by atoms with Gasteiger partial charge in [0.15, 0.2) is 0 Å². The van der Waals surface area contributed by atoms with Crippen molar-refractivity contribution >= 4 is 27.5 Å². The number of halogens is 1. The topological polar surface area (TPSA) is 68.0 Å². The third kappa shape index (κ3) is 3.12. The second kappa shape index (κ2) is 5.84. The summed E-state index contributed by atoms with van der Waals surface area (Å²) in [5.41, 5.74) is 7.84. The van der Waals surface area contributed by atoms with E-state index in [9.17, 15) is 4.79 Å². The van der Waals surface area contributed by atoms with Crippen molar-refractivity contribution in [3.05, 3.63) is 58.3 Å². The van der Waals surface area contributed by atoms with Gasteiger partial charge in [0, 0.05) is 18.1 Å². The number of benzene rings is 1. The summed E-state index contributed by atoms with van der Waals surface area (Å²) in [5.74, 6) is -0.163. The molecule has 0 spiro atoms. The maximum absolute atomic E-state index is 12.2. The first kappa shape index (κ1) is 13.5. The second-order valence-corrected chi connectivity index (χ2v) is 4.98. The molecule has 0 bridgehead atoms. The Hall–Kier alpha value is -1.88. The molecule has 0 saturated heterocycles. The Balaban J connectivity index is 2.16. The molecule has 1 aromatic carbocycles. The summed E-state index contributed by atoms with van der Waals surface area (Å²) in [6.07, 6.45) is 3.41. The fraction of sp³-hybridized carbons (Fsp3) is 0.143. The van der Waals surface area contributed by atoms with Crippen LogP contribution in [0.3, 0.4) is 0 Å². The molecule has 5 heteroatoms. The summed E-state index contributed by atoms with van der Waals surface area (Å²) in [4.78, 5) is 16.1. The summed E-state index contributed by atoms with van der Waals surface area (Å²) in [5, 5.41) is 2.93. The summed E-state index contributed by atoms with van der Waals surface area (Å²) in [6.45, 7) is 1.92. The predicted octanol–water partition coefficient (Wildman–Crippen LogP) is 2.92. The van der Waals surface area contributed by atoms with Crippen molar-refractivity contribution in [3.63, 3.8) is 0 Å². The lowest BCUT2D eigenvalue weighted by Crippen LogP contribution is -2.27. The van der Waals surface area contributed by atoms with Gasteiger partial charge in [0.05, 0.1) is 16.1 Å². The van der Waals surface area contributed by atoms with Crippen LogP contribution in [0.4, 0.5) is 5.69 Å². The Morgan fingerprint density at radius 2 is 2.00 bits per heavy atom. The molecule has 1 aromatic heterocycles. The first-order chi connectivity index (χ1) is 9.09. The van der Waals surface area contributed by atoms with E-state index in [0.29, 0.717) is 15.7 Å². The molecule has 19 heavy (non-hydrogen) atoms. The quantitative estimate of drug-likeness (QED) is 0.855. The Morgan fingerprint density at radius 3 is 2.68 bits per heavy atom. The van der Waals surface area contributed by atoms with E-state index in [-0.39, 0.29) is 11.9 Å². The fourth-order valence-electron chi connectivity index (χ4n) is 1.74. The van der Waals surface area contributed by atoms with Crippen LogP contribution in [0.5, 0.6) is 0 Å². The van der Waals surface area contributed by atoms with Gasteiger partial charge in [-0.15, -0.1) is 0 Å². The van der Waals surface area contributed by atoms with Gasteiger partial charge in [-0.3, -0.25) is 9.78 Å². The number of pyridine rings is 1. The number of anilines is 1. The van der Waals surface area contributed by atoms with Crippen LogP contribution in [-0.2, 0) is 0 Å². The third-order valence-electron chi connectivity index (χ3n) is 2.83. The van der Waals surface area contributed by atoms with Gasteiger partial charge < -0.3 is 11.1 Å². The minimum atomic E-state index is -0.163. The van der Waals surface area contributed by atoms with E-state index in [0.717, 1.165) is 5.56 Å². The number of nitrogens with zero attached hydrogens (tertiary/aromatic N) is 1.